The highest BCUT2D eigenvalue weighted by molar-refractivity contribution is 7.81. The van der Waals surface area contributed by atoms with Crippen molar-refractivity contribution in [2.45, 2.75) is 4.90 Å². The molecule has 0 aliphatic rings. The molecule has 0 unspecified atom stereocenters. The monoisotopic (exact) mass is 218 g/mol. The number of hydrogen-bond acceptors (Lipinski definition) is 2. The summed E-state index contributed by atoms with van der Waals surface area (Å²) in [7, 11) is 0. The third-order valence-corrected chi connectivity index (χ3v) is 3.77. The molecule has 0 radical (unpaired) electrons. The molecule has 0 aliphatic carbocycles. The summed E-state index contributed by atoms with van der Waals surface area (Å²) in [6.07, 6.45) is 0. The predicted molar refractivity (Wildman–Crippen MR) is 54.0 cm³/mol. The van der Waals surface area contributed by atoms with Crippen LogP contribution in [0.1, 0.15) is 0 Å². The maximum Gasteiger partial charge on any atom is 0.141 e. The van der Waals surface area contributed by atoms with Gasteiger partial charge in [0, 0.05) is 10.3 Å². The van der Waals surface area contributed by atoms with Crippen molar-refractivity contribution >= 4 is 45.7 Å². The highest BCUT2D eigenvalue weighted by Gasteiger charge is 2.09. The topological polar surface area (TPSA) is 0 Å². The van der Waals surface area contributed by atoms with Crippen molar-refractivity contribution in [2.75, 3.05) is 0 Å². The van der Waals surface area contributed by atoms with E-state index in [2.05, 4.69) is 12.6 Å². The summed E-state index contributed by atoms with van der Waals surface area (Å²) in [5, 5.41) is 0.785. The summed E-state index contributed by atoms with van der Waals surface area (Å²) in [6.45, 7) is 0. The first-order valence-corrected chi connectivity index (χ1v) is 4.90. The first kappa shape index (κ1) is 8.35. The van der Waals surface area contributed by atoms with Gasteiger partial charge in [0.1, 0.15) is 10.2 Å². The summed E-state index contributed by atoms with van der Waals surface area (Å²) in [5.74, 6) is -0.236. The van der Waals surface area contributed by atoms with Crippen LogP contribution in [-0.4, -0.2) is 0 Å². The number of thiol groups is 1. The normalized spacial score (nSPS) is 10.9. The molecule has 62 valence electrons. The van der Waals surface area contributed by atoms with E-state index in [0.29, 0.717) is 13.9 Å². The van der Waals surface area contributed by atoms with Crippen LogP contribution in [0.4, 0.5) is 4.39 Å². The van der Waals surface area contributed by atoms with Gasteiger partial charge in [-0.05, 0) is 6.07 Å². The fourth-order valence-electron chi connectivity index (χ4n) is 1.04. The lowest BCUT2D eigenvalue weighted by Gasteiger charge is -1.90. The van der Waals surface area contributed by atoms with Crippen LogP contribution in [0.2, 0.25) is 4.34 Å². The minimum Gasteiger partial charge on any atom is -0.205 e. The van der Waals surface area contributed by atoms with E-state index >= 15 is 0 Å². The first-order valence-electron chi connectivity index (χ1n) is 3.25. The Morgan fingerprint density at radius 3 is 2.83 bits per heavy atom. The lowest BCUT2D eigenvalue weighted by atomic mass is 10.2. The van der Waals surface area contributed by atoms with E-state index in [4.69, 9.17) is 11.6 Å². The second-order valence-electron chi connectivity index (χ2n) is 2.34. The van der Waals surface area contributed by atoms with E-state index in [1.54, 1.807) is 6.07 Å². The van der Waals surface area contributed by atoms with Gasteiger partial charge in [0.05, 0.1) is 4.70 Å². The van der Waals surface area contributed by atoms with Gasteiger partial charge in [-0.2, -0.15) is 0 Å². The van der Waals surface area contributed by atoms with Crippen LogP contribution in [-0.2, 0) is 0 Å². The number of thiophene rings is 1. The lowest BCUT2D eigenvalue weighted by Crippen LogP contribution is -1.70. The average Bonchev–Trinajstić information content (AvgIpc) is 2.32. The second kappa shape index (κ2) is 2.91. The van der Waals surface area contributed by atoms with Crippen molar-refractivity contribution in [1.82, 2.24) is 0 Å². The molecule has 1 heterocycles. The van der Waals surface area contributed by atoms with E-state index in [-0.39, 0.29) is 5.82 Å². The summed E-state index contributed by atoms with van der Waals surface area (Å²) in [6, 6.07) is 4.88. The van der Waals surface area contributed by atoms with E-state index in [0.717, 1.165) is 5.39 Å². The van der Waals surface area contributed by atoms with Crippen LogP contribution in [0.5, 0.6) is 0 Å². The van der Waals surface area contributed by atoms with E-state index < -0.39 is 0 Å². The zero-order valence-corrected chi connectivity index (χ0v) is 8.31. The number of benzene rings is 1. The molecular formula is C8H4ClFS2. The van der Waals surface area contributed by atoms with Gasteiger partial charge in [0.15, 0.2) is 0 Å². The highest BCUT2D eigenvalue weighted by atomic mass is 35.5. The minimum atomic E-state index is -0.236. The second-order valence-corrected chi connectivity index (χ2v) is 4.41. The molecule has 0 saturated carbocycles. The van der Waals surface area contributed by atoms with Crippen LogP contribution >= 0.6 is 35.6 Å². The molecule has 0 fully saturated rings. The molecule has 0 atom stereocenters. The smallest absolute Gasteiger partial charge is 0.141 e. The molecule has 12 heavy (non-hydrogen) atoms. The first-order chi connectivity index (χ1) is 5.70. The van der Waals surface area contributed by atoms with Crippen molar-refractivity contribution in [2.24, 2.45) is 0 Å². The number of halogens is 2. The maximum absolute atomic E-state index is 13.1. The molecule has 0 aliphatic heterocycles. The summed E-state index contributed by atoms with van der Waals surface area (Å²) in [4.78, 5) is 0.663. The Morgan fingerprint density at radius 2 is 2.17 bits per heavy atom. The average molecular weight is 219 g/mol. The van der Waals surface area contributed by atoms with Crippen molar-refractivity contribution in [3.8, 4) is 0 Å². The van der Waals surface area contributed by atoms with Gasteiger partial charge in [-0.15, -0.1) is 24.0 Å². The summed E-state index contributed by atoms with van der Waals surface area (Å²) < 4.78 is 14.2. The van der Waals surface area contributed by atoms with Gasteiger partial charge in [0.2, 0.25) is 0 Å². The molecule has 1 aromatic heterocycles. The molecule has 0 amide bonds. The lowest BCUT2D eigenvalue weighted by molar-refractivity contribution is 0.641. The quantitative estimate of drug-likeness (QED) is 0.636. The fourth-order valence-corrected chi connectivity index (χ4v) is 2.61. The Bertz CT molecular complexity index is 436. The van der Waals surface area contributed by atoms with Crippen molar-refractivity contribution in [3.05, 3.63) is 28.4 Å². The molecule has 0 spiro atoms. The largest absolute Gasteiger partial charge is 0.205 e. The van der Waals surface area contributed by atoms with Crippen LogP contribution in [0, 0.1) is 5.82 Å². The highest BCUT2D eigenvalue weighted by Crippen LogP contribution is 2.38. The Kier molecular flexibility index (Phi) is 2.02. The Balaban J connectivity index is 2.95. The van der Waals surface area contributed by atoms with Crippen LogP contribution in [0.25, 0.3) is 10.1 Å². The Labute approximate surface area is 83.4 Å². The van der Waals surface area contributed by atoms with E-state index in [1.807, 2.05) is 6.07 Å². The Hall–Kier alpha value is -0.250. The predicted octanol–water partition coefficient (Wildman–Crippen LogP) is 3.98. The fraction of sp³-hybridized carbons (Fsp3) is 0. The third kappa shape index (κ3) is 1.13. The molecule has 2 rings (SSSR count). The SMILES string of the molecule is Fc1cccc2c(S)c(Cl)sc12. The molecule has 0 nitrogen and oxygen atoms in total. The summed E-state index contributed by atoms with van der Waals surface area (Å²) in [5.41, 5.74) is 0. The zero-order chi connectivity index (χ0) is 8.72. The van der Waals surface area contributed by atoms with Gasteiger partial charge >= 0.3 is 0 Å². The van der Waals surface area contributed by atoms with Crippen LogP contribution < -0.4 is 0 Å². The zero-order valence-electron chi connectivity index (χ0n) is 5.84. The van der Waals surface area contributed by atoms with Gasteiger partial charge in [-0.3, -0.25) is 0 Å². The molecule has 4 heteroatoms. The molecular weight excluding hydrogens is 215 g/mol. The van der Waals surface area contributed by atoms with Gasteiger partial charge < -0.3 is 0 Å². The number of rotatable bonds is 0. The van der Waals surface area contributed by atoms with Crippen molar-refractivity contribution < 1.29 is 4.39 Å². The van der Waals surface area contributed by atoms with Crippen LogP contribution in [0.3, 0.4) is 0 Å². The molecule has 1 aromatic carbocycles. The van der Waals surface area contributed by atoms with E-state index in [9.17, 15) is 4.39 Å². The Morgan fingerprint density at radius 1 is 1.42 bits per heavy atom. The maximum atomic E-state index is 13.1. The molecule has 0 N–H and O–H groups in total. The minimum absolute atomic E-state index is 0.236. The molecule has 0 saturated heterocycles. The van der Waals surface area contributed by atoms with Gasteiger partial charge in [-0.25, -0.2) is 4.39 Å². The van der Waals surface area contributed by atoms with Crippen molar-refractivity contribution in [3.63, 3.8) is 0 Å². The number of hydrogen-bond donors (Lipinski definition) is 1. The van der Waals surface area contributed by atoms with Crippen LogP contribution in [0.15, 0.2) is 23.1 Å². The van der Waals surface area contributed by atoms with Gasteiger partial charge in [-0.1, -0.05) is 23.7 Å². The standard InChI is InChI=1S/C8H4ClFS2/c9-8-6(11)4-2-1-3-5(10)7(4)12-8/h1-3,11H. The van der Waals surface area contributed by atoms with Gasteiger partial charge in [0.25, 0.3) is 0 Å². The molecule has 2 aromatic rings. The molecule has 0 bridgehead atoms. The third-order valence-electron chi connectivity index (χ3n) is 1.60. The van der Waals surface area contributed by atoms with Crippen molar-refractivity contribution in [1.29, 1.82) is 0 Å². The summed E-state index contributed by atoms with van der Waals surface area (Å²) >= 11 is 11.2. The number of fused-ring (bicyclic) bond motifs is 1. The van der Waals surface area contributed by atoms with E-state index in [1.165, 1.54) is 17.4 Å².